The smallest absolute Gasteiger partial charge is 0.254 e. The molecule has 98 valence electrons. The molecule has 0 bridgehead atoms. The molecule has 1 aromatic rings. The molecule has 3 nitrogen and oxygen atoms in total. The maximum absolute atomic E-state index is 12.4. The van der Waals surface area contributed by atoms with E-state index < -0.39 is 5.60 Å². The summed E-state index contributed by atoms with van der Waals surface area (Å²) in [7, 11) is 0. The summed E-state index contributed by atoms with van der Waals surface area (Å²) in [6.07, 6.45) is 1.25. The van der Waals surface area contributed by atoms with Gasteiger partial charge in [-0.3, -0.25) is 4.79 Å². The molecule has 4 heteroatoms. The van der Waals surface area contributed by atoms with Crippen LogP contribution >= 0.6 is 11.6 Å². The lowest BCUT2D eigenvalue weighted by Gasteiger charge is -2.36. The van der Waals surface area contributed by atoms with Crippen molar-refractivity contribution in [3.05, 3.63) is 34.3 Å². The Morgan fingerprint density at radius 1 is 1.39 bits per heavy atom. The van der Waals surface area contributed by atoms with Crippen LogP contribution in [0, 0.1) is 6.92 Å². The number of benzene rings is 1. The number of rotatable bonds is 1. The van der Waals surface area contributed by atoms with Crippen LogP contribution in [0.15, 0.2) is 18.2 Å². The van der Waals surface area contributed by atoms with E-state index >= 15 is 0 Å². The normalized spacial score (nSPS) is 18.8. The first-order chi connectivity index (χ1) is 8.41. The van der Waals surface area contributed by atoms with E-state index in [-0.39, 0.29) is 5.91 Å². The Morgan fingerprint density at radius 2 is 2.00 bits per heavy atom. The van der Waals surface area contributed by atoms with Crippen LogP contribution in [0.2, 0.25) is 5.02 Å². The first-order valence-corrected chi connectivity index (χ1v) is 6.55. The fourth-order valence-electron chi connectivity index (χ4n) is 2.20. The lowest BCUT2D eigenvalue weighted by Crippen LogP contribution is -2.45. The minimum absolute atomic E-state index is 0.00509. The van der Waals surface area contributed by atoms with Crippen molar-refractivity contribution in [2.45, 2.75) is 32.3 Å². The number of carbonyl (C=O) groups is 1. The van der Waals surface area contributed by atoms with Crippen LogP contribution in [0.1, 0.15) is 35.7 Å². The Kier molecular flexibility index (Phi) is 3.64. The molecule has 1 aromatic carbocycles. The molecule has 1 saturated heterocycles. The largest absolute Gasteiger partial charge is 0.390 e. The summed E-state index contributed by atoms with van der Waals surface area (Å²) in [5.41, 5.74) is 0.839. The number of aliphatic hydroxyl groups is 1. The zero-order chi connectivity index (χ0) is 13.3. The Hall–Kier alpha value is -1.06. The first-order valence-electron chi connectivity index (χ1n) is 6.17. The van der Waals surface area contributed by atoms with Crippen molar-refractivity contribution in [1.82, 2.24) is 4.90 Å². The molecule has 2 rings (SSSR count). The van der Waals surface area contributed by atoms with Crippen LogP contribution in [0.5, 0.6) is 0 Å². The molecule has 1 aliphatic rings. The van der Waals surface area contributed by atoms with Crippen molar-refractivity contribution in [1.29, 1.82) is 0 Å². The summed E-state index contributed by atoms with van der Waals surface area (Å²) in [5, 5.41) is 10.5. The molecule has 0 unspecified atom stereocenters. The Morgan fingerprint density at radius 3 is 2.61 bits per heavy atom. The zero-order valence-electron chi connectivity index (χ0n) is 10.7. The molecule has 0 aliphatic carbocycles. The zero-order valence-corrected chi connectivity index (χ0v) is 11.5. The Balaban J connectivity index is 2.15. The van der Waals surface area contributed by atoms with Gasteiger partial charge in [0.25, 0.3) is 5.91 Å². The molecule has 0 radical (unpaired) electrons. The number of hydrogen-bond acceptors (Lipinski definition) is 2. The van der Waals surface area contributed by atoms with Crippen LogP contribution in [0.25, 0.3) is 0 Å². The van der Waals surface area contributed by atoms with Gasteiger partial charge in [0.1, 0.15) is 0 Å². The van der Waals surface area contributed by atoms with Gasteiger partial charge in [0.05, 0.1) is 5.60 Å². The van der Waals surface area contributed by atoms with Crippen molar-refractivity contribution in [3.63, 3.8) is 0 Å². The molecule has 1 aliphatic heterocycles. The van der Waals surface area contributed by atoms with Crippen molar-refractivity contribution in [2.75, 3.05) is 13.1 Å². The average Bonchev–Trinajstić information content (AvgIpc) is 2.32. The van der Waals surface area contributed by atoms with Gasteiger partial charge in [-0.25, -0.2) is 0 Å². The predicted molar refractivity (Wildman–Crippen MR) is 72.0 cm³/mol. The van der Waals surface area contributed by atoms with E-state index in [1.807, 2.05) is 13.8 Å². The molecular weight excluding hydrogens is 250 g/mol. The van der Waals surface area contributed by atoms with Crippen molar-refractivity contribution in [3.8, 4) is 0 Å². The van der Waals surface area contributed by atoms with E-state index in [2.05, 4.69) is 0 Å². The van der Waals surface area contributed by atoms with E-state index in [0.29, 0.717) is 36.5 Å². The summed E-state index contributed by atoms with van der Waals surface area (Å²) in [4.78, 5) is 14.2. The van der Waals surface area contributed by atoms with Gasteiger partial charge in [-0.2, -0.15) is 0 Å². The van der Waals surface area contributed by atoms with Gasteiger partial charge in [0, 0.05) is 23.7 Å². The highest BCUT2D eigenvalue weighted by Crippen LogP contribution is 2.25. The number of amides is 1. The SMILES string of the molecule is Cc1c(Cl)cccc1C(=O)N1CCC(C)(O)CC1. The van der Waals surface area contributed by atoms with Crippen LogP contribution in [-0.4, -0.2) is 34.6 Å². The summed E-state index contributed by atoms with van der Waals surface area (Å²) in [6.45, 7) is 4.87. The third-order valence-corrected chi connectivity index (χ3v) is 4.04. The van der Waals surface area contributed by atoms with Gasteiger partial charge in [-0.05, 0) is 44.4 Å². The second-order valence-corrected chi connectivity index (χ2v) is 5.61. The molecule has 0 atom stereocenters. The van der Waals surface area contributed by atoms with E-state index in [4.69, 9.17) is 11.6 Å². The summed E-state index contributed by atoms with van der Waals surface area (Å²) < 4.78 is 0. The second-order valence-electron chi connectivity index (χ2n) is 5.20. The molecular formula is C14H18ClNO2. The molecule has 0 saturated carbocycles. The maximum atomic E-state index is 12.4. The first kappa shape index (κ1) is 13.4. The Bertz CT molecular complexity index is 461. The minimum atomic E-state index is -0.639. The third kappa shape index (κ3) is 2.68. The minimum Gasteiger partial charge on any atom is -0.390 e. The number of piperidine rings is 1. The van der Waals surface area contributed by atoms with Gasteiger partial charge in [-0.1, -0.05) is 17.7 Å². The van der Waals surface area contributed by atoms with Crippen LogP contribution in [0.4, 0.5) is 0 Å². The fraction of sp³-hybridized carbons (Fsp3) is 0.500. The molecule has 1 amide bonds. The Labute approximate surface area is 112 Å². The average molecular weight is 268 g/mol. The van der Waals surface area contributed by atoms with E-state index in [1.165, 1.54) is 0 Å². The molecule has 18 heavy (non-hydrogen) atoms. The summed E-state index contributed by atoms with van der Waals surface area (Å²) in [6, 6.07) is 5.38. The second kappa shape index (κ2) is 4.90. The summed E-state index contributed by atoms with van der Waals surface area (Å²) in [5.74, 6) is 0.00509. The maximum Gasteiger partial charge on any atom is 0.254 e. The number of halogens is 1. The number of carbonyl (C=O) groups excluding carboxylic acids is 1. The molecule has 1 fully saturated rings. The summed E-state index contributed by atoms with van der Waals surface area (Å²) >= 11 is 6.03. The van der Waals surface area contributed by atoms with Gasteiger partial charge < -0.3 is 10.0 Å². The quantitative estimate of drug-likeness (QED) is 0.850. The van der Waals surface area contributed by atoms with Gasteiger partial charge in [0.15, 0.2) is 0 Å². The third-order valence-electron chi connectivity index (χ3n) is 3.63. The van der Waals surface area contributed by atoms with E-state index in [1.54, 1.807) is 23.1 Å². The van der Waals surface area contributed by atoms with Crippen LogP contribution < -0.4 is 0 Å². The number of hydrogen-bond donors (Lipinski definition) is 1. The standard InChI is InChI=1S/C14H18ClNO2/c1-10-11(4-3-5-12(10)15)13(17)16-8-6-14(2,18)7-9-16/h3-5,18H,6-9H2,1-2H3. The lowest BCUT2D eigenvalue weighted by atomic mass is 9.93. The van der Waals surface area contributed by atoms with E-state index in [0.717, 1.165) is 5.56 Å². The van der Waals surface area contributed by atoms with Gasteiger partial charge >= 0.3 is 0 Å². The highest BCUT2D eigenvalue weighted by molar-refractivity contribution is 6.31. The van der Waals surface area contributed by atoms with Gasteiger partial charge in [-0.15, -0.1) is 0 Å². The van der Waals surface area contributed by atoms with Crippen molar-refractivity contribution in [2.24, 2.45) is 0 Å². The van der Waals surface area contributed by atoms with Gasteiger partial charge in [0.2, 0.25) is 0 Å². The van der Waals surface area contributed by atoms with Crippen molar-refractivity contribution >= 4 is 17.5 Å². The lowest BCUT2D eigenvalue weighted by molar-refractivity contribution is -0.00204. The van der Waals surface area contributed by atoms with Crippen LogP contribution in [-0.2, 0) is 0 Å². The molecule has 1 N–H and O–H groups in total. The molecule has 1 heterocycles. The number of likely N-dealkylation sites (tertiary alicyclic amines) is 1. The highest BCUT2D eigenvalue weighted by atomic mass is 35.5. The predicted octanol–water partition coefficient (Wildman–Crippen LogP) is 2.64. The highest BCUT2D eigenvalue weighted by Gasteiger charge is 2.30. The number of nitrogens with zero attached hydrogens (tertiary/aromatic N) is 1. The topological polar surface area (TPSA) is 40.5 Å². The molecule has 0 aromatic heterocycles. The monoisotopic (exact) mass is 267 g/mol. The van der Waals surface area contributed by atoms with Crippen LogP contribution in [0.3, 0.4) is 0 Å². The fourth-order valence-corrected chi connectivity index (χ4v) is 2.38. The van der Waals surface area contributed by atoms with Crippen molar-refractivity contribution < 1.29 is 9.90 Å². The van der Waals surface area contributed by atoms with E-state index in [9.17, 15) is 9.90 Å². The molecule has 0 spiro atoms.